The molecule has 1 heterocycles. The molecule has 4 heteroatoms. The molecule has 1 fully saturated rings. The lowest BCUT2D eigenvalue weighted by Crippen LogP contribution is -2.35. The third-order valence-corrected chi connectivity index (χ3v) is 4.02. The van der Waals surface area contributed by atoms with Crippen molar-refractivity contribution in [2.45, 2.75) is 38.6 Å². The number of anilines is 2. The molecule has 1 atom stereocenters. The summed E-state index contributed by atoms with van der Waals surface area (Å²) in [5, 5.41) is 0. The first kappa shape index (κ1) is 14.7. The Morgan fingerprint density at radius 3 is 2.75 bits per heavy atom. The highest BCUT2D eigenvalue weighted by Gasteiger charge is 2.23. The van der Waals surface area contributed by atoms with E-state index < -0.39 is 0 Å². The Labute approximate surface area is 121 Å². The standard InChI is InChI=1S/C16H25N3O/c1-12-7-5-4-6-10-19(12)15-11-13(17)8-9-14(15)16(20)18(2)3/h8-9,11-12H,4-7,10,17H2,1-3H3. The summed E-state index contributed by atoms with van der Waals surface area (Å²) in [5.41, 5.74) is 8.39. The van der Waals surface area contributed by atoms with Gasteiger partial charge in [0.1, 0.15) is 0 Å². The maximum atomic E-state index is 12.4. The molecule has 1 aliphatic heterocycles. The Bertz CT molecular complexity index is 485. The van der Waals surface area contributed by atoms with Gasteiger partial charge in [0.15, 0.2) is 0 Å². The van der Waals surface area contributed by atoms with Gasteiger partial charge in [-0.15, -0.1) is 0 Å². The first-order valence-corrected chi connectivity index (χ1v) is 7.38. The first-order valence-electron chi connectivity index (χ1n) is 7.38. The number of carbonyl (C=O) groups excluding carboxylic acids is 1. The van der Waals surface area contributed by atoms with E-state index in [0.29, 0.717) is 11.7 Å². The van der Waals surface area contributed by atoms with Gasteiger partial charge >= 0.3 is 0 Å². The molecule has 1 saturated heterocycles. The van der Waals surface area contributed by atoms with Crippen molar-refractivity contribution in [1.29, 1.82) is 0 Å². The monoisotopic (exact) mass is 275 g/mol. The lowest BCUT2D eigenvalue weighted by molar-refractivity contribution is 0.0828. The lowest BCUT2D eigenvalue weighted by atomic mass is 10.1. The number of amides is 1. The number of nitrogen functional groups attached to an aromatic ring is 1. The summed E-state index contributed by atoms with van der Waals surface area (Å²) in [7, 11) is 3.57. The van der Waals surface area contributed by atoms with E-state index in [9.17, 15) is 4.79 Å². The summed E-state index contributed by atoms with van der Waals surface area (Å²) in [6.07, 6.45) is 4.87. The zero-order valence-electron chi connectivity index (χ0n) is 12.7. The van der Waals surface area contributed by atoms with Crippen LogP contribution in [0.2, 0.25) is 0 Å². The SMILES string of the molecule is CC1CCCCCN1c1cc(N)ccc1C(=O)N(C)C. The maximum absolute atomic E-state index is 12.4. The third-order valence-electron chi connectivity index (χ3n) is 4.02. The summed E-state index contributed by atoms with van der Waals surface area (Å²) < 4.78 is 0. The van der Waals surface area contributed by atoms with Crippen LogP contribution in [0.4, 0.5) is 11.4 Å². The van der Waals surface area contributed by atoms with Crippen LogP contribution in [0.15, 0.2) is 18.2 Å². The second-order valence-corrected chi connectivity index (χ2v) is 5.87. The van der Waals surface area contributed by atoms with Crippen LogP contribution in [-0.2, 0) is 0 Å². The van der Waals surface area contributed by atoms with Gasteiger partial charge in [-0.05, 0) is 38.0 Å². The van der Waals surface area contributed by atoms with E-state index in [-0.39, 0.29) is 5.91 Å². The van der Waals surface area contributed by atoms with E-state index in [1.165, 1.54) is 25.7 Å². The summed E-state index contributed by atoms with van der Waals surface area (Å²) >= 11 is 0. The summed E-state index contributed by atoms with van der Waals surface area (Å²) in [6.45, 7) is 3.23. The number of hydrogen-bond acceptors (Lipinski definition) is 3. The predicted octanol–water partition coefficient (Wildman–Crippen LogP) is 2.74. The fourth-order valence-electron chi connectivity index (χ4n) is 2.84. The van der Waals surface area contributed by atoms with E-state index in [2.05, 4.69) is 11.8 Å². The Morgan fingerprint density at radius 2 is 2.05 bits per heavy atom. The molecule has 0 saturated carbocycles. The van der Waals surface area contributed by atoms with Crippen LogP contribution in [0, 0.1) is 0 Å². The largest absolute Gasteiger partial charge is 0.399 e. The van der Waals surface area contributed by atoms with E-state index in [4.69, 9.17) is 5.73 Å². The Kier molecular flexibility index (Phi) is 4.53. The molecule has 20 heavy (non-hydrogen) atoms. The van der Waals surface area contributed by atoms with Crippen LogP contribution in [0.25, 0.3) is 0 Å². The van der Waals surface area contributed by atoms with Crippen molar-refractivity contribution in [1.82, 2.24) is 4.90 Å². The molecule has 1 aliphatic rings. The third kappa shape index (κ3) is 3.06. The minimum Gasteiger partial charge on any atom is -0.399 e. The van der Waals surface area contributed by atoms with Crippen LogP contribution >= 0.6 is 0 Å². The van der Waals surface area contributed by atoms with Gasteiger partial charge in [0, 0.05) is 32.4 Å². The fourth-order valence-corrected chi connectivity index (χ4v) is 2.84. The van der Waals surface area contributed by atoms with Crippen molar-refractivity contribution in [3.05, 3.63) is 23.8 Å². The van der Waals surface area contributed by atoms with Gasteiger partial charge in [0.25, 0.3) is 5.91 Å². The number of nitrogens with two attached hydrogens (primary N) is 1. The highest BCUT2D eigenvalue weighted by molar-refractivity contribution is 6.00. The molecule has 0 aliphatic carbocycles. The Hall–Kier alpha value is -1.71. The van der Waals surface area contributed by atoms with Gasteiger partial charge in [-0.25, -0.2) is 0 Å². The number of carbonyl (C=O) groups is 1. The second kappa shape index (κ2) is 6.16. The normalized spacial score (nSPS) is 19.6. The summed E-state index contributed by atoms with van der Waals surface area (Å²) in [6, 6.07) is 6.05. The molecule has 0 spiro atoms. The molecule has 1 amide bonds. The van der Waals surface area contributed by atoms with E-state index in [0.717, 1.165) is 17.8 Å². The van der Waals surface area contributed by atoms with E-state index in [1.54, 1.807) is 19.0 Å². The number of benzene rings is 1. The molecule has 1 aromatic rings. The fraction of sp³-hybridized carbons (Fsp3) is 0.562. The van der Waals surface area contributed by atoms with Crippen molar-refractivity contribution in [3.8, 4) is 0 Å². The summed E-state index contributed by atoms with van der Waals surface area (Å²) in [4.78, 5) is 16.3. The number of nitrogens with zero attached hydrogens (tertiary/aromatic N) is 2. The van der Waals surface area contributed by atoms with E-state index >= 15 is 0 Å². The minimum absolute atomic E-state index is 0.0384. The van der Waals surface area contributed by atoms with Gasteiger partial charge in [0.2, 0.25) is 0 Å². The molecule has 0 bridgehead atoms. The van der Waals surface area contributed by atoms with Gasteiger partial charge in [-0.3, -0.25) is 4.79 Å². The number of rotatable bonds is 2. The molecule has 0 radical (unpaired) electrons. The lowest BCUT2D eigenvalue weighted by Gasteiger charge is -2.31. The molecule has 2 N–H and O–H groups in total. The van der Waals surface area contributed by atoms with Crippen molar-refractivity contribution < 1.29 is 4.79 Å². The molecule has 1 aromatic carbocycles. The quantitative estimate of drug-likeness (QED) is 0.844. The average Bonchev–Trinajstić information content (AvgIpc) is 2.62. The predicted molar refractivity (Wildman–Crippen MR) is 84.1 cm³/mol. The first-order chi connectivity index (χ1) is 9.50. The average molecular weight is 275 g/mol. The molecular weight excluding hydrogens is 250 g/mol. The van der Waals surface area contributed by atoms with Crippen molar-refractivity contribution in [2.75, 3.05) is 31.3 Å². The Balaban J connectivity index is 2.42. The van der Waals surface area contributed by atoms with Crippen molar-refractivity contribution in [3.63, 3.8) is 0 Å². The topological polar surface area (TPSA) is 49.6 Å². The van der Waals surface area contributed by atoms with Gasteiger partial charge < -0.3 is 15.5 Å². The Morgan fingerprint density at radius 1 is 1.30 bits per heavy atom. The van der Waals surface area contributed by atoms with Gasteiger partial charge in [-0.1, -0.05) is 12.8 Å². The van der Waals surface area contributed by atoms with Crippen LogP contribution in [0.5, 0.6) is 0 Å². The molecule has 4 nitrogen and oxygen atoms in total. The number of hydrogen-bond donors (Lipinski definition) is 1. The highest BCUT2D eigenvalue weighted by atomic mass is 16.2. The van der Waals surface area contributed by atoms with Gasteiger partial charge in [-0.2, -0.15) is 0 Å². The molecule has 0 aromatic heterocycles. The van der Waals surface area contributed by atoms with Crippen LogP contribution in [0.1, 0.15) is 43.0 Å². The maximum Gasteiger partial charge on any atom is 0.255 e. The molecule has 2 rings (SSSR count). The van der Waals surface area contributed by atoms with Crippen LogP contribution < -0.4 is 10.6 Å². The summed E-state index contributed by atoms with van der Waals surface area (Å²) in [5.74, 6) is 0.0384. The molecule has 1 unspecified atom stereocenters. The smallest absolute Gasteiger partial charge is 0.255 e. The molecule has 110 valence electrons. The van der Waals surface area contributed by atoms with Crippen molar-refractivity contribution in [2.24, 2.45) is 0 Å². The van der Waals surface area contributed by atoms with Crippen LogP contribution in [-0.4, -0.2) is 37.5 Å². The van der Waals surface area contributed by atoms with Crippen molar-refractivity contribution >= 4 is 17.3 Å². The zero-order valence-corrected chi connectivity index (χ0v) is 12.7. The van der Waals surface area contributed by atoms with Gasteiger partial charge in [0.05, 0.1) is 11.3 Å². The molecular formula is C16H25N3O. The zero-order chi connectivity index (χ0) is 14.7. The van der Waals surface area contributed by atoms with Crippen LogP contribution in [0.3, 0.4) is 0 Å². The van der Waals surface area contributed by atoms with E-state index in [1.807, 2.05) is 18.2 Å². The minimum atomic E-state index is 0.0384. The highest BCUT2D eigenvalue weighted by Crippen LogP contribution is 2.29. The second-order valence-electron chi connectivity index (χ2n) is 5.87.